The van der Waals surface area contributed by atoms with E-state index in [0.717, 1.165) is 11.3 Å². The largest absolute Gasteiger partial charge is 0.507 e. The predicted octanol–water partition coefficient (Wildman–Crippen LogP) is 2.36. The van der Waals surface area contributed by atoms with Crippen LogP contribution in [0.1, 0.15) is 28.8 Å². The third-order valence-electron chi connectivity index (χ3n) is 4.81. The average Bonchev–Trinajstić information content (AvgIpc) is 2.69. The van der Waals surface area contributed by atoms with E-state index in [9.17, 15) is 14.7 Å². The number of methoxy groups -OCH3 is 1. The van der Waals surface area contributed by atoms with Gasteiger partial charge in [0, 0.05) is 19.1 Å². The fourth-order valence-corrected chi connectivity index (χ4v) is 3.26. The quantitative estimate of drug-likeness (QED) is 0.849. The molecule has 0 spiro atoms. The molecule has 142 valence electrons. The number of piperidine rings is 1. The maximum atomic E-state index is 12.5. The number of phenols is 1. The van der Waals surface area contributed by atoms with Crippen LogP contribution in [0.3, 0.4) is 0 Å². The van der Waals surface area contributed by atoms with Gasteiger partial charge >= 0.3 is 0 Å². The number of amides is 2. The number of likely N-dealkylation sites (tertiary alicyclic amines) is 1. The molecule has 6 heteroatoms. The normalized spacial score (nSPS) is 14.6. The van der Waals surface area contributed by atoms with E-state index in [0.29, 0.717) is 37.9 Å². The molecule has 2 aromatic rings. The van der Waals surface area contributed by atoms with Gasteiger partial charge in [-0.05, 0) is 42.7 Å². The number of hydrogen-bond donors (Lipinski definition) is 2. The molecule has 3 rings (SSSR count). The van der Waals surface area contributed by atoms with Crippen molar-refractivity contribution in [1.29, 1.82) is 0 Å². The molecule has 1 saturated heterocycles. The molecule has 0 unspecified atom stereocenters. The first-order valence-electron chi connectivity index (χ1n) is 9.06. The number of ether oxygens (including phenoxy) is 1. The number of rotatable bonds is 5. The lowest BCUT2D eigenvalue weighted by atomic mass is 10.0. The predicted molar refractivity (Wildman–Crippen MR) is 102 cm³/mol. The molecule has 1 aliphatic rings. The van der Waals surface area contributed by atoms with Gasteiger partial charge in [-0.25, -0.2) is 0 Å². The summed E-state index contributed by atoms with van der Waals surface area (Å²) in [7, 11) is 1.61. The van der Waals surface area contributed by atoms with Crippen LogP contribution in [0.2, 0.25) is 0 Å². The average molecular weight is 368 g/mol. The first-order valence-corrected chi connectivity index (χ1v) is 9.06. The summed E-state index contributed by atoms with van der Waals surface area (Å²) in [5, 5.41) is 12.9. The molecule has 1 fully saturated rings. The molecule has 0 aliphatic carbocycles. The fraction of sp³-hybridized carbons (Fsp3) is 0.333. The maximum Gasteiger partial charge on any atom is 0.257 e. The Kier molecular flexibility index (Phi) is 5.96. The molecule has 0 aromatic heterocycles. The van der Waals surface area contributed by atoms with Crippen LogP contribution in [-0.4, -0.2) is 48.1 Å². The highest BCUT2D eigenvalue weighted by molar-refractivity contribution is 5.96. The standard InChI is InChI=1S/C21H24N2O4/c1-27-17-8-6-15(7-9-17)14-20(25)22-16-10-12-23(13-11-16)21(26)18-4-2-3-5-19(18)24/h2-9,16,24H,10-14H2,1H3,(H,22,25). The molecule has 0 bridgehead atoms. The summed E-state index contributed by atoms with van der Waals surface area (Å²) in [6, 6.07) is 14.1. The Morgan fingerprint density at radius 2 is 1.78 bits per heavy atom. The zero-order valence-corrected chi connectivity index (χ0v) is 15.4. The lowest BCUT2D eigenvalue weighted by molar-refractivity contribution is -0.121. The van der Waals surface area contributed by atoms with Crippen LogP contribution in [0.5, 0.6) is 11.5 Å². The highest BCUT2D eigenvalue weighted by Crippen LogP contribution is 2.20. The van der Waals surface area contributed by atoms with Crippen molar-refractivity contribution in [2.24, 2.45) is 0 Å². The number of nitrogens with one attached hydrogen (secondary N) is 1. The summed E-state index contributed by atoms with van der Waals surface area (Å²) in [6.07, 6.45) is 1.72. The summed E-state index contributed by atoms with van der Waals surface area (Å²) in [5.41, 5.74) is 1.25. The van der Waals surface area contributed by atoms with E-state index in [1.165, 1.54) is 6.07 Å². The molecule has 0 saturated carbocycles. The Hall–Kier alpha value is -3.02. The smallest absolute Gasteiger partial charge is 0.257 e. The van der Waals surface area contributed by atoms with Crippen LogP contribution < -0.4 is 10.1 Å². The second kappa shape index (κ2) is 8.58. The number of para-hydroxylation sites is 1. The van der Waals surface area contributed by atoms with Gasteiger partial charge < -0.3 is 20.1 Å². The van der Waals surface area contributed by atoms with E-state index in [1.54, 1.807) is 30.2 Å². The molecular weight excluding hydrogens is 344 g/mol. The Labute approximate surface area is 158 Å². The summed E-state index contributed by atoms with van der Waals surface area (Å²) in [4.78, 5) is 26.5. The molecule has 0 radical (unpaired) electrons. The third-order valence-corrected chi connectivity index (χ3v) is 4.81. The molecule has 6 nitrogen and oxygen atoms in total. The van der Waals surface area contributed by atoms with E-state index >= 15 is 0 Å². The van der Waals surface area contributed by atoms with Crippen LogP contribution in [0.4, 0.5) is 0 Å². The van der Waals surface area contributed by atoms with Crippen molar-refractivity contribution in [2.75, 3.05) is 20.2 Å². The molecule has 2 amide bonds. The number of phenolic OH excluding ortho intramolecular Hbond substituents is 1. The summed E-state index contributed by atoms with van der Waals surface area (Å²) in [6.45, 7) is 1.11. The Bertz CT molecular complexity index is 796. The number of carbonyl (C=O) groups excluding carboxylic acids is 2. The Morgan fingerprint density at radius 3 is 2.41 bits per heavy atom. The van der Waals surface area contributed by atoms with Crippen molar-refractivity contribution >= 4 is 11.8 Å². The van der Waals surface area contributed by atoms with Crippen molar-refractivity contribution in [1.82, 2.24) is 10.2 Å². The van der Waals surface area contributed by atoms with Crippen molar-refractivity contribution in [3.8, 4) is 11.5 Å². The third kappa shape index (κ3) is 4.78. The van der Waals surface area contributed by atoms with Crippen LogP contribution in [0.15, 0.2) is 48.5 Å². The maximum absolute atomic E-state index is 12.5. The molecule has 1 heterocycles. The van der Waals surface area contributed by atoms with Crippen molar-refractivity contribution in [2.45, 2.75) is 25.3 Å². The van der Waals surface area contributed by atoms with Gasteiger partial charge in [-0.1, -0.05) is 24.3 Å². The topological polar surface area (TPSA) is 78.9 Å². The van der Waals surface area contributed by atoms with Crippen LogP contribution in [-0.2, 0) is 11.2 Å². The highest BCUT2D eigenvalue weighted by atomic mass is 16.5. The second-order valence-corrected chi connectivity index (χ2v) is 6.68. The van der Waals surface area contributed by atoms with Gasteiger partial charge in [-0.2, -0.15) is 0 Å². The van der Waals surface area contributed by atoms with E-state index in [4.69, 9.17) is 4.74 Å². The van der Waals surface area contributed by atoms with E-state index in [-0.39, 0.29) is 23.6 Å². The lowest BCUT2D eigenvalue weighted by Gasteiger charge is -2.32. The molecule has 1 aliphatic heterocycles. The zero-order valence-electron chi connectivity index (χ0n) is 15.4. The van der Waals surface area contributed by atoms with Crippen LogP contribution >= 0.6 is 0 Å². The minimum Gasteiger partial charge on any atom is -0.507 e. The Morgan fingerprint density at radius 1 is 1.11 bits per heavy atom. The number of hydrogen-bond acceptors (Lipinski definition) is 4. The summed E-state index contributed by atoms with van der Waals surface area (Å²) >= 11 is 0. The number of aromatic hydroxyl groups is 1. The van der Waals surface area contributed by atoms with Gasteiger partial charge in [0.05, 0.1) is 19.1 Å². The van der Waals surface area contributed by atoms with Gasteiger partial charge in [0.15, 0.2) is 0 Å². The van der Waals surface area contributed by atoms with E-state index < -0.39 is 0 Å². The second-order valence-electron chi connectivity index (χ2n) is 6.68. The van der Waals surface area contributed by atoms with Crippen LogP contribution in [0.25, 0.3) is 0 Å². The molecular formula is C21H24N2O4. The lowest BCUT2D eigenvalue weighted by Crippen LogP contribution is -2.46. The van der Waals surface area contributed by atoms with Crippen molar-refractivity contribution in [3.05, 3.63) is 59.7 Å². The molecule has 27 heavy (non-hydrogen) atoms. The monoisotopic (exact) mass is 368 g/mol. The fourth-order valence-electron chi connectivity index (χ4n) is 3.26. The Balaban J connectivity index is 1.48. The van der Waals surface area contributed by atoms with E-state index in [1.807, 2.05) is 24.3 Å². The number of benzene rings is 2. The minimum absolute atomic E-state index is 0.00239. The minimum atomic E-state index is -0.170. The van der Waals surface area contributed by atoms with E-state index in [2.05, 4.69) is 5.32 Å². The van der Waals surface area contributed by atoms with Crippen molar-refractivity contribution < 1.29 is 19.4 Å². The zero-order chi connectivity index (χ0) is 19.2. The van der Waals surface area contributed by atoms with Gasteiger partial charge in [-0.3, -0.25) is 9.59 Å². The van der Waals surface area contributed by atoms with Gasteiger partial charge in [-0.15, -0.1) is 0 Å². The summed E-state index contributed by atoms with van der Waals surface area (Å²) in [5.74, 6) is 0.569. The highest BCUT2D eigenvalue weighted by Gasteiger charge is 2.25. The molecule has 0 atom stereocenters. The van der Waals surface area contributed by atoms with Gasteiger partial charge in [0.1, 0.15) is 11.5 Å². The first-order chi connectivity index (χ1) is 13.1. The summed E-state index contributed by atoms with van der Waals surface area (Å²) < 4.78 is 5.12. The van der Waals surface area contributed by atoms with Crippen LogP contribution in [0, 0.1) is 0 Å². The van der Waals surface area contributed by atoms with Crippen molar-refractivity contribution in [3.63, 3.8) is 0 Å². The van der Waals surface area contributed by atoms with Gasteiger partial charge in [0.2, 0.25) is 5.91 Å². The number of nitrogens with zero attached hydrogens (tertiary/aromatic N) is 1. The number of carbonyl (C=O) groups is 2. The SMILES string of the molecule is COc1ccc(CC(=O)NC2CCN(C(=O)c3ccccc3O)CC2)cc1. The molecule has 2 aromatic carbocycles. The molecule has 2 N–H and O–H groups in total. The first kappa shape index (κ1) is 18.8. The van der Waals surface area contributed by atoms with Gasteiger partial charge in [0.25, 0.3) is 5.91 Å².